The van der Waals surface area contributed by atoms with Crippen molar-refractivity contribution in [2.24, 2.45) is 0 Å². The van der Waals surface area contributed by atoms with Crippen LogP contribution in [0.5, 0.6) is 0 Å². The Morgan fingerprint density at radius 1 is 0.250 bits per heavy atom. The third-order valence-electron chi connectivity index (χ3n) is 0. The van der Waals surface area contributed by atoms with Crippen LogP contribution in [0.3, 0.4) is 0 Å². The van der Waals surface area contributed by atoms with Crippen LogP contribution in [0.15, 0.2) is 0 Å². The van der Waals surface area contributed by atoms with Crippen LogP contribution in [0.1, 0.15) is 0 Å². The van der Waals surface area contributed by atoms with Crippen LogP contribution in [0.2, 0.25) is 0 Å². The summed E-state index contributed by atoms with van der Waals surface area (Å²) in [6, 6.07) is 0. The Labute approximate surface area is 74.6 Å². The summed E-state index contributed by atoms with van der Waals surface area (Å²) in [7, 11) is 0. The van der Waals surface area contributed by atoms with E-state index >= 15 is 0 Å². The molecule has 0 nitrogen and oxygen atoms in total. The van der Waals surface area contributed by atoms with E-state index in [2.05, 4.69) is 0 Å². The van der Waals surface area contributed by atoms with Gasteiger partial charge in [0, 0.05) is 75.4 Å². The zero-order valence-electron chi connectivity index (χ0n) is 4.00. The molecule has 0 aliphatic heterocycles. The number of rotatable bonds is 0. The van der Waals surface area contributed by atoms with E-state index in [1.54, 1.807) is 0 Å². The Balaban J connectivity index is 0. The van der Waals surface area contributed by atoms with Crippen molar-refractivity contribution in [3.8, 4) is 0 Å². The van der Waals surface area contributed by atoms with Gasteiger partial charge in [-0.15, -0.1) is 0 Å². The molecule has 4 radical (unpaired) electrons. The van der Waals surface area contributed by atoms with E-state index < -0.39 is 0 Å². The second kappa shape index (κ2) is 18.2. The first kappa shape index (κ1) is 32.5. The molecule has 0 aromatic heterocycles. The Morgan fingerprint density at radius 3 is 0.250 bits per heavy atom. The minimum atomic E-state index is 0. The van der Waals surface area contributed by atoms with Crippen molar-refractivity contribution in [2.45, 2.75) is 0 Å². The molecule has 0 atom stereocenters. The van der Waals surface area contributed by atoms with Crippen molar-refractivity contribution in [3.05, 3.63) is 0 Å². The van der Waals surface area contributed by atoms with Gasteiger partial charge in [0.1, 0.15) is 0 Å². The van der Waals surface area contributed by atoms with E-state index in [1.165, 1.54) is 0 Å². The molecular formula is Li4. The van der Waals surface area contributed by atoms with Crippen LogP contribution in [0, 0.1) is 0 Å². The predicted octanol–water partition coefficient (Wildman–Crippen LogP) is -1.52. The fraction of sp³-hybridized carbons (Fsp3) is 0. The molecule has 4 heavy (non-hydrogen) atoms. The molecule has 4 heteroatoms. The Hall–Kier alpha value is 2.39. The third-order valence-corrected chi connectivity index (χ3v) is 0. The maximum Gasteiger partial charge on any atom is 0 e. The zero-order valence-corrected chi connectivity index (χ0v) is 4.00. The molecule has 0 aliphatic rings. The van der Waals surface area contributed by atoms with E-state index in [1.807, 2.05) is 0 Å². The van der Waals surface area contributed by atoms with Gasteiger partial charge in [0.05, 0.1) is 0 Å². The summed E-state index contributed by atoms with van der Waals surface area (Å²) < 4.78 is 0. The molecule has 0 rings (SSSR count). The fourth-order valence-electron chi connectivity index (χ4n) is 0. The van der Waals surface area contributed by atoms with Gasteiger partial charge in [-0.1, -0.05) is 0 Å². The molecule has 0 aromatic carbocycles. The molecule has 0 heterocycles. The normalized spacial score (nSPS) is 0. The van der Waals surface area contributed by atoms with E-state index in [4.69, 9.17) is 0 Å². The summed E-state index contributed by atoms with van der Waals surface area (Å²) in [6.07, 6.45) is 0. The molecule has 0 aliphatic carbocycles. The minimum absolute atomic E-state index is 0. The molecule has 0 aromatic rings. The summed E-state index contributed by atoms with van der Waals surface area (Å²) in [5.41, 5.74) is 0. The predicted molar refractivity (Wildman–Crippen MR) is 23.0 cm³/mol. The quantitative estimate of drug-likeness (QED) is 0.283. The number of hydrogen-bond donors (Lipinski definition) is 0. The largest absolute Gasteiger partial charge is 0 e. The van der Waals surface area contributed by atoms with Gasteiger partial charge >= 0.3 is 0 Å². The van der Waals surface area contributed by atoms with Crippen molar-refractivity contribution < 1.29 is 0 Å². The standard InChI is InChI=1S/4Li. The first-order valence-electron chi connectivity index (χ1n) is 0. The van der Waals surface area contributed by atoms with Gasteiger partial charge in [-0.05, 0) is 0 Å². The van der Waals surface area contributed by atoms with Crippen LogP contribution < -0.4 is 0 Å². The molecule has 4 valence electrons. The maximum atomic E-state index is 0. The molecule has 0 saturated heterocycles. The minimum Gasteiger partial charge on any atom is 0 e. The Morgan fingerprint density at radius 2 is 0.250 bits per heavy atom. The topological polar surface area (TPSA) is 0 Å². The number of hydrogen-bond acceptors (Lipinski definition) is 0. The molecule has 0 amide bonds. The van der Waals surface area contributed by atoms with Gasteiger partial charge in [0.25, 0.3) is 0 Å². The van der Waals surface area contributed by atoms with E-state index in [-0.39, 0.29) is 75.4 Å². The van der Waals surface area contributed by atoms with Crippen molar-refractivity contribution in [2.75, 3.05) is 0 Å². The summed E-state index contributed by atoms with van der Waals surface area (Å²) in [5.74, 6) is 0. The van der Waals surface area contributed by atoms with Crippen LogP contribution in [-0.2, 0) is 0 Å². The summed E-state index contributed by atoms with van der Waals surface area (Å²) >= 11 is 0. The van der Waals surface area contributed by atoms with E-state index in [9.17, 15) is 0 Å². The fourth-order valence-corrected chi connectivity index (χ4v) is 0. The van der Waals surface area contributed by atoms with Crippen molar-refractivity contribution >= 4 is 75.4 Å². The van der Waals surface area contributed by atoms with Crippen LogP contribution in [-0.4, -0.2) is 75.4 Å². The first-order valence-corrected chi connectivity index (χ1v) is 0. The average molecular weight is 27.8 g/mol. The van der Waals surface area contributed by atoms with Crippen LogP contribution in [0.25, 0.3) is 0 Å². The Kier molecular flexibility index (Phi) is 148. The van der Waals surface area contributed by atoms with Gasteiger partial charge in [-0.2, -0.15) is 0 Å². The molecule has 0 N–H and O–H groups in total. The monoisotopic (exact) mass is 28.1 g/mol. The van der Waals surface area contributed by atoms with Gasteiger partial charge in [0.15, 0.2) is 0 Å². The third kappa shape index (κ3) is 8.83. The van der Waals surface area contributed by atoms with E-state index in [0.29, 0.717) is 0 Å². The van der Waals surface area contributed by atoms with Gasteiger partial charge in [0.2, 0.25) is 0 Å². The molecule has 0 unspecified atom stereocenters. The van der Waals surface area contributed by atoms with Gasteiger partial charge in [-0.3, -0.25) is 0 Å². The van der Waals surface area contributed by atoms with Crippen molar-refractivity contribution in [1.29, 1.82) is 0 Å². The second-order valence-corrected chi connectivity index (χ2v) is 0. The van der Waals surface area contributed by atoms with Crippen molar-refractivity contribution in [1.82, 2.24) is 0 Å². The van der Waals surface area contributed by atoms with Crippen molar-refractivity contribution in [3.63, 3.8) is 0 Å². The second-order valence-electron chi connectivity index (χ2n) is 0. The molecule has 0 bridgehead atoms. The molecule has 0 fully saturated rings. The summed E-state index contributed by atoms with van der Waals surface area (Å²) in [6.45, 7) is 0. The molecule has 0 spiro atoms. The average Bonchev–Trinajstić information content (AvgIpc) is 0. The summed E-state index contributed by atoms with van der Waals surface area (Å²) in [5, 5.41) is 0. The Bertz CT molecular complexity index is 0. The van der Waals surface area contributed by atoms with Crippen LogP contribution >= 0.6 is 0 Å². The van der Waals surface area contributed by atoms with Gasteiger partial charge in [-0.25, -0.2) is 0 Å². The SMILES string of the molecule is [Li].[Li].[Li].[Li]. The molecule has 0 saturated carbocycles. The molecular weight excluding hydrogens is 27.8 g/mol. The smallest absolute Gasteiger partial charge is 0 e. The summed E-state index contributed by atoms with van der Waals surface area (Å²) in [4.78, 5) is 0. The zero-order chi connectivity index (χ0) is 0. The van der Waals surface area contributed by atoms with Crippen LogP contribution in [0.4, 0.5) is 0 Å². The van der Waals surface area contributed by atoms with E-state index in [0.717, 1.165) is 0 Å². The van der Waals surface area contributed by atoms with Gasteiger partial charge < -0.3 is 0 Å². The first-order chi connectivity index (χ1) is 0. The maximum absolute atomic E-state index is 0.